The van der Waals surface area contributed by atoms with Gasteiger partial charge in [-0.3, -0.25) is 4.90 Å². The molecule has 0 aliphatic heterocycles. The molecule has 0 aliphatic rings. The molecule has 0 amide bonds. The first-order valence-corrected chi connectivity index (χ1v) is 6.78. The highest BCUT2D eigenvalue weighted by Crippen LogP contribution is 2.26. The number of alkyl halides is 3. The Hall–Kier alpha value is -1.87. The fourth-order valence-electron chi connectivity index (χ4n) is 1.95. The number of hydrogen-bond acceptors (Lipinski definition) is 4. The highest BCUT2D eigenvalue weighted by molar-refractivity contribution is 7.71. The summed E-state index contributed by atoms with van der Waals surface area (Å²) in [5, 5.41) is 4.10. The molecule has 2 aromatic rings. The average molecular weight is 332 g/mol. The summed E-state index contributed by atoms with van der Waals surface area (Å²) >= 11 is 5.17. The molecule has 22 heavy (non-hydrogen) atoms. The molecule has 0 radical (unpaired) electrons. The monoisotopic (exact) mass is 332 g/mol. The summed E-state index contributed by atoms with van der Waals surface area (Å²) in [6.07, 6.45) is -3.13. The maximum absolute atomic E-state index is 12.4. The third-order valence-electron chi connectivity index (χ3n) is 2.90. The van der Waals surface area contributed by atoms with Crippen LogP contribution in [0.4, 0.5) is 13.2 Å². The molecule has 5 nitrogen and oxygen atoms in total. The predicted molar refractivity (Wildman–Crippen MR) is 76.6 cm³/mol. The van der Waals surface area contributed by atoms with Crippen molar-refractivity contribution in [3.8, 4) is 5.75 Å². The highest BCUT2D eigenvalue weighted by Gasteiger charge is 2.32. The smallest absolute Gasteiger partial charge is 0.405 e. The summed E-state index contributed by atoms with van der Waals surface area (Å²) in [5.74, 6) is -0.202. The molecular weight excluding hydrogens is 317 g/mol. The van der Waals surface area contributed by atoms with Crippen molar-refractivity contribution in [2.24, 2.45) is 7.05 Å². The molecule has 0 atom stereocenters. The Balaban J connectivity index is 2.10. The van der Waals surface area contributed by atoms with Gasteiger partial charge in [-0.2, -0.15) is 5.10 Å². The number of nitrogens with zero attached hydrogens (tertiary/aromatic N) is 4. The Morgan fingerprint density at radius 3 is 2.59 bits per heavy atom. The van der Waals surface area contributed by atoms with Crippen molar-refractivity contribution < 1.29 is 17.9 Å². The zero-order chi connectivity index (χ0) is 16.3. The van der Waals surface area contributed by atoms with E-state index in [-0.39, 0.29) is 12.3 Å². The van der Waals surface area contributed by atoms with Crippen LogP contribution in [0.25, 0.3) is 0 Å². The minimum Gasteiger partial charge on any atom is -0.405 e. The molecule has 120 valence electrons. The van der Waals surface area contributed by atoms with E-state index in [1.165, 1.54) is 12.1 Å². The molecule has 1 aromatic carbocycles. The lowest BCUT2D eigenvalue weighted by Crippen LogP contribution is -2.24. The lowest BCUT2D eigenvalue weighted by atomic mass is 10.2. The molecule has 0 unspecified atom stereocenters. The van der Waals surface area contributed by atoms with Gasteiger partial charge in [-0.05, 0) is 25.3 Å². The largest absolute Gasteiger partial charge is 0.573 e. The van der Waals surface area contributed by atoms with Crippen LogP contribution >= 0.6 is 12.2 Å². The van der Waals surface area contributed by atoms with E-state index in [0.29, 0.717) is 17.0 Å². The van der Waals surface area contributed by atoms with E-state index in [9.17, 15) is 13.2 Å². The zero-order valence-corrected chi connectivity index (χ0v) is 12.9. The van der Waals surface area contributed by atoms with Crippen LogP contribution in [0.15, 0.2) is 30.6 Å². The first kappa shape index (κ1) is 16.5. The summed E-state index contributed by atoms with van der Waals surface area (Å²) in [6, 6.07) is 6.05. The molecule has 0 spiro atoms. The Morgan fingerprint density at radius 2 is 2.00 bits per heavy atom. The SMILES string of the molecule is CN(Cc1ccccc1OC(F)(F)F)Cn1ncn(C)c1=S. The van der Waals surface area contributed by atoms with E-state index in [0.717, 1.165) is 0 Å². The van der Waals surface area contributed by atoms with Gasteiger partial charge in [0.1, 0.15) is 12.1 Å². The van der Waals surface area contributed by atoms with Crippen molar-refractivity contribution >= 4 is 12.2 Å². The number of para-hydroxylation sites is 1. The average Bonchev–Trinajstić information content (AvgIpc) is 2.71. The molecular formula is C13H15F3N4OS. The molecule has 1 aromatic heterocycles. The van der Waals surface area contributed by atoms with Gasteiger partial charge in [-0.25, -0.2) is 4.68 Å². The topological polar surface area (TPSA) is 35.2 Å². The third-order valence-corrected chi connectivity index (χ3v) is 3.40. The van der Waals surface area contributed by atoms with Crippen LogP contribution in [0.1, 0.15) is 5.56 Å². The molecule has 0 aliphatic carbocycles. The van der Waals surface area contributed by atoms with Gasteiger partial charge in [-0.15, -0.1) is 13.2 Å². The number of rotatable bonds is 5. The van der Waals surface area contributed by atoms with Crippen molar-refractivity contribution in [1.82, 2.24) is 19.2 Å². The maximum Gasteiger partial charge on any atom is 0.573 e. The molecule has 1 heterocycles. The van der Waals surface area contributed by atoms with E-state index in [1.807, 2.05) is 0 Å². The van der Waals surface area contributed by atoms with Gasteiger partial charge < -0.3 is 9.30 Å². The van der Waals surface area contributed by atoms with Crippen molar-refractivity contribution in [3.63, 3.8) is 0 Å². The second-order valence-corrected chi connectivity index (χ2v) is 5.20. The first-order valence-electron chi connectivity index (χ1n) is 6.37. The summed E-state index contributed by atoms with van der Waals surface area (Å²) in [6.45, 7) is 0.630. The molecule has 9 heteroatoms. The molecule has 0 saturated carbocycles. The van der Waals surface area contributed by atoms with E-state index in [4.69, 9.17) is 12.2 Å². The van der Waals surface area contributed by atoms with Crippen LogP contribution in [-0.4, -0.2) is 32.7 Å². The van der Waals surface area contributed by atoms with E-state index in [2.05, 4.69) is 9.84 Å². The molecule has 0 saturated heterocycles. The minimum atomic E-state index is -4.71. The first-order chi connectivity index (χ1) is 10.3. The fraction of sp³-hybridized carbons (Fsp3) is 0.385. The molecule has 2 rings (SSSR count). The Bertz CT molecular complexity index is 695. The standard InChI is InChI=1S/C13H15F3N4OS/c1-18(9-20-12(22)19(2)8-17-20)7-10-5-3-4-6-11(10)21-13(14,15)16/h3-6,8H,7,9H2,1-2H3. The van der Waals surface area contributed by atoms with Gasteiger partial charge in [0, 0.05) is 19.2 Å². The summed E-state index contributed by atoms with van der Waals surface area (Å²) in [5.41, 5.74) is 0.435. The molecule has 0 fully saturated rings. The normalized spacial score (nSPS) is 11.9. The van der Waals surface area contributed by atoms with Crippen LogP contribution < -0.4 is 4.74 Å². The number of ether oxygens (including phenoxy) is 1. The van der Waals surface area contributed by atoms with Crippen LogP contribution in [0.2, 0.25) is 0 Å². The third kappa shape index (κ3) is 4.31. The maximum atomic E-state index is 12.4. The molecule has 0 bridgehead atoms. The number of aromatic nitrogens is 3. The van der Waals surface area contributed by atoms with Crippen molar-refractivity contribution in [2.45, 2.75) is 19.6 Å². The van der Waals surface area contributed by atoms with Gasteiger partial charge in [-0.1, -0.05) is 18.2 Å². The number of benzene rings is 1. The Labute approximate surface area is 130 Å². The zero-order valence-electron chi connectivity index (χ0n) is 12.0. The summed E-state index contributed by atoms with van der Waals surface area (Å²) < 4.78 is 45.0. The van der Waals surface area contributed by atoms with Gasteiger partial charge in [0.05, 0.1) is 6.67 Å². The Kier molecular flexibility index (Phi) is 4.87. The number of aryl methyl sites for hydroxylation is 1. The van der Waals surface area contributed by atoms with E-state index < -0.39 is 6.36 Å². The van der Waals surface area contributed by atoms with Gasteiger partial charge in [0.15, 0.2) is 4.77 Å². The lowest BCUT2D eigenvalue weighted by molar-refractivity contribution is -0.275. The number of halogens is 3. The highest BCUT2D eigenvalue weighted by atomic mass is 32.1. The Morgan fingerprint density at radius 1 is 1.32 bits per heavy atom. The molecule has 0 N–H and O–H groups in total. The van der Waals surface area contributed by atoms with E-state index >= 15 is 0 Å². The van der Waals surface area contributed by atoms with Gasteiger partial charge in [0.25, 0.3) is 0 Å². The van der Waals surface area contributed by atoms with Crippen molar-refractivity contribution in [1.29, 1.82) is 0 Å². The summed E-state index contributed by atoms with van der Waals surface area (Å²) in [4.78, 5) is 1.79. The minimum absolute atomic E-state index is 0.202. The lowest BCUT2D eigenvalue weighted by Gasteiger charge is -2.19. The summed E-state index contributed by atoms with van der Waals surface area (Å²) in [7, 11) is 3.54. The van der Waals surface area contributed by atoms with Crippen LogP contribution in [0, 0.1) is 4.77 Å². The van der Waals surface area contributed by atoms with Crippen LogP contribution in [0.5, 0.6) is 5.75 Å². The number of hydrogen-bond donors (Lipinski definition) is 0. The fourth-order valence-corrected chi connectivity index (χ4v) is 2.10. The second-order valence-electron chi connectivity index (χ2n) is 4.84. The van der Waals surface area contributed by atoms with Crippen LogP contribution in [0.3, 0.4) is 0 Å². The van der Waals surface area contributed by atoms with Crippen LogP contribution in [-0.2, 0) is 20.3 Å². The quantitative estimate of drug-likeness (QED) is 0.789. The van der Waals surface area contributed by atoms with Gasteiger partial charge >= 0.3 is 6.36 Å². The van der Waals surface area contributed by atoms with E-state index in [1.54, 1.807) is 46.7 Å². The van der Waals surface area contributed by atoms with Crippen molar-refractivity contribution in [3.05, 3.63) is 40.9 Å². The van der Waals surface area contributed by atoms with Crippen molar-refractivity contribution in [2.75, 3.05) is 7.05 Å². The predicted octanol–water partition coefficient (Wildman–Crippen LogP) is 2.94. The second kappa shape index (κ2) is 6.49. The van der Waals surface area contributed by atoms with Gasteiger partial charge in [0.2, 0.25) is 0 Å².